The van der Waals surface area contributed by atoms with Crippen molar-refractivity contribution in [1.82, 2.24) is 10.2 Å². The van der Waals surface area contributed by atoms with Crippen molar-refractivity contribution in [2.75, 3.05) is 40.0 Å². The fourth-order valence-corrected chi connectivity index (χ4v) is 2.03. The highest BCUT2D eigenvalue weighted by Crippen LogP contribution is 2.14. The van der Waals surface area contributed by atoms with Gasteiger partial charge in [-0.15, -0.1) is 0 Å². The molecule has 0 aromatic rings. The van der Waals surface area contributed by atoms with E-state index in [0.29, 0.717) is 6.04 Å². The summed E-state index contributed by atoms with van der Waals surface area (Å²) in [4.78, 5) is 2.48. The van der Waals surface area contributed by atoms with Crippen molar-refractivity contribution in [2.45, 2.75) is 38.3 Å². The van der Waals surface area contributed by atoms with Gasteiger partial charge in [-0.05, 0) is 26.8 Å². The topological polar surface area (TPSA) is 44.7 Å². The van der Waals surface area contributed by atoms with Crippen LogP contribution in [0.15, 0.2) is 0 Å². The van der Waals surface area contributed by atoms with Crippen LogP contribution in [0.5, 0.6) is 0 Å². The summed E-state index contributed by atoms with van der Waals surface area (Å²) in [7, 11) is 1.91. The first-order valence-corrected chi connectivity index (χ1v) is 6.26. The Bertz CT molecular complexity index is 195. The van der Waals surface area contributed by atoms with Crippen LogP contribution in [0.4, 0.5) is 0 Å². The van der Waals surface area contributed by atoms with Crippen molar-refractivity contribution >= 4 is 0 Å². The lowest BCUT2D eigenvalue weighted by Gasteiger charge is -2.37. The first-order valence-electron chi connectivity index (χ1n) is 6.26. The van der Waals surface area contributed by atoms with Crippen molar-refractivity contribution in [1.29, 1.82) is 0 Å². The molecule has 0 aliphatic carbocycles. The number of nitrogens with one attached hydrogen (secondary N) is 1. The number of aliphatic hydroxyl groups is 1. The van der Waals surface area contributed by atoms with Crippen LogP contribution in [0.3, 0.4) is 0 Å². The van der Waals surface area contributed by atoms with Gasteiger partial charge >= 0.3 is 0 Å². The minimum absolute atomic E-state index is 0.156. The van der Waals surface area contributed by atoms with Crippen molar-refractivity contribution in [3.63, 3.8) is 0 Å². The van der Waals surface area contributed by atoms with Gasteiger partial charge in [-0.3, -0.25) is 4.90 Å². The molecule has 0 amide bonds. The van der Waals surface area contributed by atoms with Gasteiger partial charge in [-0.25, -0.2) is 0 Å². The van der Waals surface area contributed by atoms with E-state index >= 15 is 0 Å². The van der Waals surface area contributed by atoms with E-state index in [2.05, 4.69) is 24.1 Å². The molecule has 4 nitrogen and oxygen atoms in total. The van der Waals surface area contributed by atoms with Crippen LogP contribution in [-0.2, 0) is 4.74 Å². The summed E-state index contributed by atoms with van der Waals surface area (Å²) < 4.78 is 5.48. The maximum absolute atomic E-state index is 9.33. The second-order valence-electron chi connectivity index (χ2n) is 4.89. The lowest BCUT2D eigenvalue weighted by atomic mass is 9.98. The minimum Gasteiger partial charge on any atom is -0.394 e. The van der Waals surface area contributed by atoms with Crippen molar-refractivity contribution < 1.29 is 9.84 Å². The van der Waals surface area contributed by atoms with Gasteiger partial charge in [0.1, 0.15) is 0 Å². The van der Waals surface area contributed by atoms with Crippen molar-refractivity contribution in [3.05, 3.63) is 0 Å². The fraction of sp³-hybridized carbons (Fsp3) is 1.00. The first-order chi connectivity index (χ1) is 7.65. The molecule has 0 spiro atoms. The van der Waals surface area contributed by atoms with Crippen LogP contribution in [0.1, 0.15) is 26.7 Å². The lowest BCUT2D eigenvalue weighted by molar-refractivity contribution is -0.0133. The zero-order valence-corrected chi connectivity index (χ0v) is 10.8. The molecule has 1 saturated heterocycles. The quantitative estimate of drug-likeness (QED) is 0.696. The highest BCUT2D eigenvalue weighted by Gasteiger charge is 2.26. The highest BCUT2D eigenvalue weighted by molar-refractivity contribution is 4.84. The Morgan fingerprint density at radius 2 is 2.31 bits per heavy atom. The van der Waals surface area contributed by atoms with Gasteiger partial charge in [0.25, 0.3) is 0 Å². The predicted octanol–water partition coefficient (Wildman–Crippen LogP) is 0.458. The Labute approximate surface area is 99.0 Å². The summed E-state index contributed by atoms with van der Waals surface area (Å²) in [5.74, 6) is 0. The molecule has 4 heteroatoms. The number of ether oxygens (including phenoxy) is 1. The Morgan fingerprint density at radius 3 is 2.88 bits per heavy atom. The summed E-state index contributed by atoms with van der Waals surface area (Å²) in [6, 6.07) is 0.550. The molecule has 1 heterocycles. The molecule has 1 fully saturated rings. The Kier molecular flexibility index (Phi) is 5.69. The average molecular weight is 230 g/mol. The molecule has 1 aliphatic rings. The standard InChI is InChI=1S/C12H26N2O2/c1-4-11-9-16-8-7-14(11)6-5-12(2,10-15)13-3/h11,13,15H,4-10H2,1-3H3. The second-order valence-corrected chi connectivity index (χ2v) is 4.89. The number of rotatable bonds is 6. The number of aliphatic hydroxyl groups excluding tert-OH is 1. The molecule has 1 rings (SSSR count). The zero-order valence-electron chi connectivity index (χ0n) is 10.8. The van der Waals surface area contributed by atoms with E-state index in [-0.39, 0.29) is 12.1 Å². The van der Waals surface area contributed by atoms with E-state index in [1.54, 1.807) is 0 Å². The summed E-state index contributed by atoms with van der Waals surface area (Å²) in [5.41, 5.74) is -0.156. The number of hydrogen-bond acceptors (Lipinski definition) is 4. The second kappa shape index (κ2) is 6.55. The van der Waals surface area contributed by atoms with E-state index in [1.165, 1.54) is 0 Å². The maximum atomic E-state index is 9.33. The maximum Gasteiger partial charge on any atom is 0.0622 e. The normalized spacial score (nSPS) is 26.6. The van der Waals surface area contributed by atoms with Crippen molar-refractivity contribution in [2.24, 2.45) is 0 Å². The number of nitrogens with zero attached hydrogens (tertiary/aromatic N) is 1. The van der Waals surface area contributed by atoms with E-state index in [0.717, 1.165) is 39.1 Å². The molecule has 1 aliphatic heterocycles. The van der Waals surface area contributed by atoms with Gasteiger partial charge in [-0.1, -0.05) is 6.92 Å². The number of morpholine rings is 1. The smallest absolute Gasteiger partial charge is 0.0622 e. The van der Waals surface area contributed by atoms with Crippen LogP contribution < -0.4 is 5.32 Å². The third-order valence-corrected chi connectivity index (χ3v) is 3.72. The SMILES string of the molecule is CCC1COCCN1CCC(C)(CO)NC. The Balaban J connectivity index is 2.40. The van der Waals surface area contributed by atoms with Crippen LogP contribution in [0.2, 0.25) is 0 Å². The van der Waals surface area contributed by atoms with Crippen molar-refractivity contribution in [3.8, 4) is 0 Å². The van der Waals surface area contributed by atoms with Crippen LogP contribution in [0, 0.1) is 0 Å². The summed E-state index contributed by atoms with van der Waals surface area (Å²) in [6.45, 7) is 8.19. The van der Waals surface area contributed by atoms with Gasteiger partial charge in [0.05, 0.1) is 19.8 Å². The molecule has 0 bridgehead atoms. The molecular weight excluding hydrogens is 204 g/mol. The molecule has 0 aromatic carbocycles. The molecule has 2 atom stereocenters. The predicted molar refractivity (Wildman–Crippen MR) is 65.6 cm³/mol. The fourth-order valence-electron chi connectivity index (χ4n) is 2.03. The molecule has 2 unspecified atom stereocenters. The van der Waals surface area contributed by atoms with E-state index in [4.69, 9.17) is 4.74 Å². The van der Waals surface area contributed by atoms with Gasteiger partial charge in [0.2, 0.25) is 0 Å². The van der Waals surface area contributed by atoms with Gasteiger partial charge in [0, 0.05) is 24.7 Å². The third kappa shape index (κ3) is 3.70. The first kappa shape index (κ1) is 13.9. The summed E-state index contributed by atoms with van der Waals surface area (Å²) in [5, 5.41) is 12.5. The molecule has 0 radical (unpaired) electrons. The summed E-state index contributed by atoms with van der Waals surface area (Å²) in [6.07, 6.45) is 2.10. The lowest BCUT2D eigenvalue weighted by Crippen LogP contribution is -2.50. The van der Waals surface area contributed by atoms with E-state index in [1.807, 2.05) is 7.05 Å². The molecule has 16 heavy (non-hydrogen) atoms. The highest BCUT2D eigenvalue weighted by atomic mass is 16.5. The summed E-state index contributed by atoms with van der Waals surface area (Å²) >= 11 is 0. The van der Waals surface area contributed by atoms with E-state index in [9.17, 15) is 5.11 Å². The van der Waals surface area contributed by atoms with Crippen LogP contribution in [-0.4, -0.2) is 61.5 Å². The zero-order chi connectivity index (χ0) is 12.0. The van der Waals surface area contributed by atoms with Gasteiger partial charge in [-0.2, -0.15) is 0 Å². The number of likely N-dealkylation sites (N-methyl/N-ethyl adjacent to an activating group) is 1. The molecule has 0 saturated carbocycles. The monoisotopic (exact) mass is 230 g/mol. The average Bonchev–Trinajstić information content (AvgIpc) is 2.36. The van der Waals surface area contributed by atoms with Gasteiger partial charge in [0.15, 0.2) is 0 Å². The molecular formula is C12H26N2O2. The minimum atomic E-state index is -0.156. The molecule has 2 N–H and O–H groups in total. The van der Waals surface area contributed by atoms with Gasteiger partial charge < -0.3 is 15.2 Å². The number of hydrogen-bond donors (Lipinski definition) is 2. The van der Waals surface area contributed by atoms with Crippen LogP contribution >= 0.6 is 0 Å². The van der Waals surface area contributed by atoms with Crippen LogP contribution in [0.25, 0.3) is 0 Å². The van der Waals surface area contributed by atoms with E-state index < -0.39 is 0 Å². The molecule has 0 aromatic heterocycles. The molecule has 96 valence electrons. The largest absolute Gasteiger partial charge is 0.394 e. The Morgan fingerprint density at radius 1 is 1.56 bits per heavy atom. The third-order valence-electron chi connectivity index (χ3n) is 3.72. The Hall–Kier alpha value is -0.160.